The van der Waals surface area contributed by atoms with E-state index < -0.39 is 0 Å². The third kappa shape index (κ3) is 2.39. The van der Waals surface area contributed by atoms with E-state index in [0.717, 1.165) is 18.4 Å². The average Bonchev–Trinajstić information content (AvgIpc) is 2.33. The van der Waals surface area contributed by atoms with Crippen molar-refractivity contribution in [3.8, 4) is 0 Å². The predicted molar refractivity (Wildman–Crippen MR) is 63.9 cm³/mol. The number of hydrogen-bond donors (Lipinski definition) is 2. The molecule has 0 aromatic heterocycles. The topological polar surface area (TPSA) is 32.3 Å². The van der Waals surface area contributed by atoms with Gasteiger partial charge in [-0.3, -0.25) is 0 Å². The lowest BCUT2D eigenvalue weighted by atomic mass is 9.87. The zero-order valence-electron chi connectivity index (χ0n) is 9.88. The predicted octanol–water partition coefficient (Wildman–Crippen LogP) is 2.07. The van der Waals surface area contributed by atoms with Crippen molar-refractivity contribution >= 4 is 0 Å². The fraction of sp³-hybridized carbons (Fsp3) is 0.538. The Hall–Kier alpha value is -0.860. The van der Waals surface area contributed by atoms with Crippen molar-refractivity contribution < 1.29 is 5.11 Å². The monoisotopic (exact) mass is 207 g/mol. The second-order valence-corrected chi connectivity index (χ2v) is 3.89. The highest BCUT2D eigenvalue weighted by Gasteiger charge is 2.26. The van der Waals surface area contributed by atoms with E-state index in [1.807, 2.05) is 7.05 Å². The molecule has 0 saturated heterocycles. The Bertz CT molecular complexity index is 280. The smallest absolute Gasteiger partial charge is 0.0664 e. The maximum atomic E-state index is 9.49. The molecular formula is C13H21NO. The first-order valence-electron chi connectivity index (χ1n) is 5.61. The zero-order valence-corrected chi connectivity index (χ0v) is 9.88. The fourth-order valence-electron chi connectivity index (χ4n) is 1.87. The van der Waals surface area contributed by atoms with Crippen molar-refractivity contribution in [1.82, 2.24) is 5.32 Å². The Morgan fingerprint density at radius 2 is 1.80 bits per heavy atom. The molecule has 0 fully saturated rings. The zero-order chi connectivity index (χ0) is 11.3. The highest BCUT2D eigenvalue weighted by atomic mass is 16.3. The van der Waals surface area contributed by atoms with Crippen molar-refractivity contribution in [2.45, 2.75) is 32.2 Å². The maximum absolute atomic E-state index is 9.49. The molecule has 2 nitrogen and oxygen atoms in total. The van der Waals surface area contributed by atoms with Crippen LogP contribution in [0.5, 0.6) is 0 Å². The minimum Gasteiger partial charge on any atom is -0.394 e. The molecule has 0 radical (unpaired) electrons. The van der Waals surface area contributed by atoms with E-state index in [1.54, 1.807) is 0 Å². The number of aliphatic hydroxyl groups is 1. The van der Waals surface area contributed by atoms with Crippen LogP contribution in [-0.4, -0.2) is 18.8 Å². The number of likely N-dealkylation sites (N-methyl/N-ethyl adjacent to an activating group) is 1. The molecule has 0 heterocycles. The summed E-state index contributed by atoms with van der Waals surface area (Å²) in [5.41, 5.74) is 2.21. The Kier molecular flexibility index (Phi) is 4.30. The molecule has 1 aromatic carbocycles. The van der Waals surface area contributed by atoms with Crippen molar-refractivity contribution in [1.29, 1.82) is 0 Å². The molecule has 0 amide bonds. The first-order valence-corrected chi connectivity index (χ1v) is 5.61. The summed E-state index contributed by atoms with van der Waals surface area (Å²) in [6.07, 6.45) is 1.93. The van der Waals surface area contributed by atoms with Gasteiger partial charge in [0.05, 0.1) is 12.1 Å². The van der Waals surface area contributed by atoms with Gasteiger partial charge in [-0.2, -0.15) is 0 Å². The second-order valence-electron chi connectivity index (χ2n) is 3.89. The van der Waals surface area contributed by atoms with Crippen molar-refractivity contribution in [3.63, 3.8) is 0 Å². The standard InChI is InChI=1S/C13H21NO/c1-4-11-6-8-12(9-7-11)13(5-2,10-15)14-3/h6-9,14-15H,4-5,10H2,1-3H3. The molecule has 0 aliphatic rings. The van der Waals surface area contributed by atoms with Crippen LogP contribution in [0, 0.1) is 0 Å². The molecule has 0 aliphatic carbocycles. The van der Waals surface area contributed by atoms with Gasteiger partial charge in [0.1, 0.15) is 0 Å². The van der Waals surface area contributed by atoms with Crippen LogP contribution in [0.25, 0.3) is 0 Å². The molecule has 0 aliphatic heterocycles. The molecule has 0 spiro atoms. The highest BCUT2D eigenvalue weighted by Crippen LogP contribution is 2.24. The van der Waals surface area contributed by atoms with Gasteiger partial charge < -0.3 is 10.4 Å². The number of aryl methyl sites for hydroxylation is 1. The van der Waals surface area contributed by atoms with Crippen LogP contribution in [-0.2, 0) is 12.0 Å². The molecule has 84 valence electrons. The van der Waals surface area contributed by atoms with Gasteiger partial charge in [-0.25, -0.2) is 0 Å². The van der Waals surface area contributed by atoms with Gasteiger partial charge in [0.2, 0.25) is 0 Å². The Morgan fingerprint density at radius 3 is 2.13 bits per heavy atom. The Morgan fingerprint density at radius 1 is 1.20 bits per heavy atom. The molecule has 2 heteroatoms. The maximum Gasteiger partial charge on any atom is 0.0664 e. The van der Waals surface area contributed by atoms with E-state index in [2.05, 4.69) is 43.4 Å². The number of benzene rings is 1. The summed E-state index contributed by atoms with van der Waals surface area (Å²) >= 11 is 0. The summed E-state index contributed by atoms with van der Waals surface area (Å²) in [7, 11) is 1.90. The Balaban J connectivity index is 3.01. The normalized spacial score (nSPS) is 14.9. The minimum absolute atomic E-state index is 0.130. The van der Waals surface area contributed by atoms with Crippen LogP contribution in [0.3, 0.4) is 0 Å². The average molecular weight is 207 g/mol. The molecule has 0 saturated carbocycles. The minimum atomic E-state index is -0.285. The number of hydrogen-bond acceptors (Lipinski definition) is 2. The van der Waals surface area contributed by atoms with Crippen LogP contribution in [0.2, 0.25) is 0 Å². The van der Waals surface area contributed by atoms with Crippen LogP contribution in [0.4, 0.5) is 0 Å². The molecule has 0 bridgehead atoms. The fourth-order valence-corrected chi connectivity index (χ4v) is 1.87. The summed E-state index contributed by atoms with van der Waals surface area (Å²) in [6, 6.07) is 8.48. The van der Waals surface area contributed by atoms with Crippen LogP contribution in [0.1, 0.15) is 31.4 Å². The third-order valence-corrected chi connectivity index (χ3v) is 3.27. The van der Waals surface area contributed by atoms with Gasteiger partial charge in [-0.15, -0.1) is 0 Å². The van der Waals surface area contributed by atoms with E-state index in [9.17, 15) is 5.11 Å². The van der Waals surface area contributed by atoms with Gasteiger partial charge in [-0.1, -0.05) is 38.1 Å². The largest absolute Gasteiger partial charge is 0.394 e. The molecule has 1 atom stereocenters. The first-order chi connectivity index (χ1) is 7.22. The molecular weight excluding hydrogens is 186 g/mol. The van der Waals surface area contributed by atoms with Gasteiger partial charge in [0.25, 0.3) is 0 Å². The van der Waals surface area contributed by atoms with E-state index in [4.69, 9.17) is 0 Å². The molecule has 2 N–H and O–H groups in total. The molecule has 1 unspecified atom stereocenters. The summed E-state index contributed by atoms with van der Waals surface area (Å²) in [5, 5.41) is 12.7. The highest BCUT2D eigenvalue weighted by molar-refractivity contribution is 5.28. The summed E-state index contributed by atoms with van der Waals surface area (Å²) in [5.74, 6) is 0. The van der Waals surface area contributed by atoms with Crippen LogP contribution < -0.4 is 5.32 Å². The summed E-state index contributed by atoms with van der Waals surface area (Å²) < 4.78 is 0. The van der Waals surface area contributed by atoms with E-state index in [0.29, 0.717) is 0 Å². The van der Waals surface area contributed by atoms with Gasteiger partial charge in [-0.05, 0) is 31.0 Å². The molecule has 1 rings (SSSR count). The quantitative estimate of drug-likeness (QED) is 0.774. The van der Waals surface area contributed by atoms with Crippen molar-refractivity contribution in [3.05, 3.63) is 35.4 Å². The first kappa shape index (κ1) is 12.2. The lowest BCUT2D eigenvalue weighted by molar-refractivity contribution is 0.164. The van der Waals surface area contributed by atoms with E-state index >= 15 is 0 Å². The van der Waals surface area contributed by atoms with E-state index in [-0.39, 0.29) is 12.1 Å². The van der Waals surface area contributed by atoms with Crippen molar-refractivity contribution in [2.24, 2.45) is 0 Å². The summed E-state index contributed by atoms with van der Waals surface area (Å²) in [6.45, 7) is 4.36. The SMILES string of the molecule is CCc1ccc(C(CC)(CO)NC)cc1. The van der Waals surface area contributed by atoms with Crippen LogP contribution >= 0.6 is 0 Å². The third-order valence-electron chi connectivity index (χ3n) is 3.27. The summed E-state index contributed by atoms with van der Waals surface area (Å²) in [4.78, 5) is 0. The molecule has 1 aromatic rings. The second kappa shape index (κ2) is 5.29. The van der Waals surface area contributed by atoms with Gasteiger partial charge in [0, 0.05) is 0 Å². The number of rotatable bonds is 5. The van der Waals surface area contributed by atoms with E-state index in [1.165, 1.54) is 5.56 Å². The number of aliphatic hydroxyl groups excluding tert-OH is 1. The van der Waals surface area contributed by atoms with Crippen molar-refractivity contribution in [2.75, 3.05) is 13.7 Å². The molecule has 15 heavy (non-hydrogen) atoms. The number of nitrogens with one attached hydrogen (secondary N) is 1. The van der Waals surface area contributed by atoms with Crippen LogP contribution in [0.15, 0.2) is 24.3 Å². The lowest BCUT2D eigenvalue weighted by Crippen LogP contribution is -2.42. The van der Waals surface area contributed by atoms with Gasteiger partial charge in [0.15, 0.2) is 0 Å². The Labute approximate surface area is 92.3 Å². The lowest BCUT2D eigenvalue weighted by Gasteiger charge is -2.31. The van der Waals surface area contributed by atoms with Gasteiger partial charge >= 0.3 is 0 Å².